The Bertz CT molecular complexity index is 1130. The smallest absolute Gasteiger partial charge is 0.257 e. The average molecular weight is 451 g/mol. The lowest BCUT2D eigenvalue weighted by Gasteiger charge is -2.35. The van der Waals surface area contributed by atoms with Crippen LogP contribution in [0.4, 0.5) is 4.39 Å². The third-order valence-corrected chi connectivity index (χ3v) is 6.41. The molecule has 0 bridgehead atoms. The molecule has 1 aliphatic rings. The number of rotatable bonds is 5. The second-order valence-electron chi connectivity index (χ2n) is 9.17. The van der Waals surface area contributed by atoms with Gasteiger partial charge in [-0.25, -0.2) is 19.0 Å². The summed E-state index contributed by atoms with van der Waals surface area (Å²) in [5.74, 6) is 0.114. The van der Waals surface area contributed by atoms with Crippen LogP contribution in [0.3, 0.4) is 0 Å². The van der Waals surface area contributed by atoms with E-state index in [1.165, 1.54) is 12.1 Å². The molecule has 7 nitrogen and oxygen atoms in total. The van der Waals surface area contributed by atoms with Gasteiger partial charge in [0.1, 0.15) is 5.82 Å². The zero-order chi connectivity index (χ0) is 23.7. The molecule has 0 unspecified atom stereocenters. The Labute approximate surface area is 194 Å². The summed E-state index contributed by atoms with van der Waals surface area (Å²) in [5, 5.41) is 4.52. The minimum Gasteiger partial charge on any atom is -0.339 e. The molecule has 0 aliphatic carbocycles. The third kappa shape index (κ3) is 4.66. The largest absolute Gasteiger partial charge is 0.339 e. The zero-order valence-corrected chi connectivity index (χ0v) is 19.9. The summed E-state index contributed by atoms with van der Waals surface area (Å²) in [6, 6.07) is 6.45. The van der Waals surface area contributed by atoms with Gasteiger partial charge in [-0.15, -0.1) is 0 Å². The maximum absolute atomic E-state index is 13.5. The standard InChI is InChI=1S/C25H31FN6O/c1-16(2)23-21(24(33)31(5)20-10-12-30(4)13-11-20)15-28-32(23)25-27-14-17(3)22(29-25)18-6-8-19(26)9-7-18/h6-9,14-16,20H,10-13H2,1-5H3. The van der Waals surface area contributed by atoms with Crippen molar-refractivity contribution in [3.63, 3.8) is 0 Å². The third-order valence-electron chi connectivity index (χ3n) is 6.41. The summed E-state index contributed by atoms with van der Waals surface area (Å²) in [7, 11) is 4.00. The van der Waals surface area contributed by atoms with Gasteiger partial charge in [0.05, 0.1) is 23.1 Å². The van der Waals surface area contributed by atoms with Crippen LogP contribution in [0.5, 0.6) is 0 Å². The van der Waals surface area contributed by atoms with E-state index in [1.807, 2.05) is 32.7 Å². The number of likely N-dealkylation sites (tertiary alicyclic amines) is 1. The van der Waals surface area contributed by atoms with Gasteiger partial charge in [-0.1, -0.05) is 13.8 Å². The van der Waals surface area contributed by atoms with Crippen molar-refractivity contribution in [2.75, 3.05) is 27.2 Å². The van der Waals surface area contributed by atoms with Crippen molar-refractivity contribution in [1.82, 2.24) is 29.5 Å². The number of halogens is 1. The lowest BCUT2D eigenvalue weighted by Crippen LogP contribution is -2.44. The minimum atomic E-state index is -0.295. The molecule has 174 valence electrons. The first-order valence-corrected chi connectivity index (χ1v) is 11.4. The summed E-state index contributed by atoms with van der Waals surface area (Å²) in [4.78, 5) is 26.8. The maximum atomic E-state index is 13.5. The minimum absolute atomic E-state index is 0.0228. The number of aromatic nitrogens is 4. The second kappa shape index (κ2) is 9.39. The first-order valence-electron chi connectivity index (χ1n) is 11.4. The Hall–Kier alpha value is -3.13. The van der Waals surface area contributed by atoms with E-state index in [2.05, 4.69) is 22.0 Å². The van der Waals surface area contributed by atoms with E-state index in [9.17, 15) is 9.18 Å². The lowest BCUT2D eigenvalue weighted by atomic mass is 10.0. The number of hydrogen-bond acceptors (Lipinski definition) is 5. The lowest BCUT2D eigenvalue weighted by molar-refractivity contribution is 0.0658. The number of carbonyl (C=O) groups excluding carboxylic acids is 1. The van der Waals surface area contributed by atoms with Crippen LogP contribution >= 0.6 is 0 Å². The normalized spacial score (nSPS) is 15.2. The number of aryl methyl sites for hydroxylation is 1. The highest BCUT2D eigenvalue weighted by Gasteiger charge is 2.29. The maximum Gasteiger partial charge on any atom is 0.257 e. The molecule has 3 aromatic rings. The van der Waals surface area contributed by atoms with Gasteiger partial charge >= 0.3 is 0 Å². The molecule has 0 atom stereocenters. The number of nitrogens with zero attached hydrogens (tertiary/aromatic N) is 6. The fourth-order valence-electron chi connectivity index (χ4n) is 4.41. The first-order chi connectivity index (χ1) is 15.8. The molecule has 1 aromatic carbocycles. The van der Waals surface area contributed by atoms with Gasteiger partial charge in [0.2, 0.25) is 0 Å². The van der Waals surface area contributed by atoms with Gasteiger partial charge in [-0.3, -0.25) is 4.79 Å². The van der Waals surface area contributed by atoms with Crippen LogP contribution in [0.2, 0.25) is 0 Å². The van der Waals surface area contributed by atoms with Crippen LogP contribution in [0.25, 0.3) is 17.2 Å². The predicted octanol–water partition coefficient (Wildman–Crippen LogP) is 4.07. The number of piperidine rings is 1. The molecule has 2 aromatic heterocycles. The van der Waals surface area contributed by atoms with Crippen LogP contribution in [-0.4, -0.2) is 68.7 Å². The molecule has 3 heterocycles. The summed E-state index contributed by atoms with van der Waals surface area (Å²) in [5.41, 5.74) is 3.75. The second-order valence-corrected chi connectivity index (χ2v) is 9.17. The number of hydrogen-bond donors (Lipinski definition) is 0. The van der Waals surface area contributed by atoms with Gasteiger partial charge < -0.3 is 9.80 Å². The Balaban J connectivity index is 1.69. The van der Waals surface area contributed by atoms with Crippen LogP contribution < -0.4 is 0 Å². The highest BCUT2D eigenvalue weighted by Crippen LogP contribution is 2.27. The van der Waals surface area contributed by atoms with E-state index in [0.29, 0.717) is 17.2 Å². The van der Waals surface area contributed by atoms with Gasteiger partial charge in [0.15, 0.2) is 0 Å². The average Bonchev–Trinajstić information content (AvgIpc) is 3.25. The van der Waals surface area contributed by atoms with E-state index in [4.69, 9.17) is 4.98 Å². The van der Waals surface area contributed by atoms with E-state index >= 15 is 0 Å². The number of benzene rings is 1. The van der Waals surface area contributed by atoms with Crippen LogP contribution in [0.15, 0.2) is 36.7 Å². The molecule has 1 fully saturated rings. The molecule has 33 heavy (non-hydrogen) atoms. The highest BCUT2D eigenvalue weighted by molar-refractivity contribution is 5.95. The van der Waals surface area contributed by atoms with Gasteiger partial charge in [-0.2, -0.15) is 5.10 Å². The van der Waals surface area contributed by atoms with Crippen molar-refractivity contribution in [2.24, 2.45) is 0 Å². The van der Waals surface area contributed by atoms with Crippen molar-refractivity contribution in [3.8, 4) is 17.2 Å². The molecule has 0 radical (unpaired) electrons. The van der Waals surface area contributed by atoms with E-state index in [0.717, 1.165) is 42.8 Å². The monoisotopic (exact) mass is 450 g/mol. The topological polar surface area (TPSA) is 67.2 Å². The van der Waals surface area contributed by atoms with Crippen molar-refractivity contribution in [3.05, 3.63) is 59.3 Å². The fraction of sp³-hybridized carbons (Fsp3) is 0.440. The van der Waals surface area contributed by atoms with Crippen molar-refractivity contribution < 1.29 is 9.18 Å². The van der Waals surface area contributed by atoms with Crippen molar-refractivity contribution in [2.45, 2.75) is 45.6 Å². The van der Waals surface area contributed by atoms with Crippen molar-refractivity contribution in [1.29, 1.82) is 0 Å². The SMILES string of the molecule is Cc1cnc(-n2ncc(C(=O)N(C)C3CCN(C)CC3)c2C(C)C)nc1-c1ccc(F)cc1. The first kappa shape index (κ1) is 23.0. The predicted molar refractivity (Wildman–Crippen MR) is 126 cm³/mol. The summed E-state index contributed by atoms with van der Waals surface area (Å²) in [6.07, 6.45) is 5.29. The van der Waals surface area contributed by atoms with Gasteiger partial charge in [0.25, 0.3) is 11.9 Å². The van der Waals surface area contributed by atoms with Gasteiger partial charge in [-0.05, 0) is 75.6 Å². The summed E-state index contributed by atoms with van der Waals surface area (Å²) < 4.78 is 15.1. The molecular weight excluding hydrogens is 419 g/mol. The van der Waals surface area contributed by atoms with Crippen LogP contribution in [0.1, 0.15) is 54.2 Å². The summed E-state index contributed by atoms with van der Waals surface area (Å²) >= 11 is 0. The Morgan fingerprint density at radius 1 is 1.15 bits per heavy atom. The molecule has 0 N–H and O–H groups in total. The van der Waals surface area contributed by atoms with Crippen LogP contribution in [0, 0.1) is 12.7 Å². The molecule has 0 spiro atoms. The van der Waals surface area contributed by atoms with E-state index in [-0.39, 0.29) is 23.7 Å². The summed E-state index contributed by atoms with van der Waals surface area (Å²) in [6.45, 7) is 7.97. The molecule has 1 saturated heterocycles. The molecule has 1 aliphatic heterocycles. The Morgan fingerprint density at radius 3 is 2.45 bits per heavy atom. The quantitative estimate of drug-likeness (QED) is 0.586. The Kier molecular flexibility index (Phi) is 6.56. The zero-order valence-electron chi connectivity index (χ0n) is 19.9. The van der Waals surface area contributed by atoms with Crippen LogP contribution in [-0.2, 0) is 0 Å². The van der Waals surface area contributed by atoms with E-state index in [1.54, 1.807) is 29.2 Å². The molecular formula is C25H31FN6O. The highest BCUT2D eigenvalue weighted by atomic mass is 19.1. The van der Waals surface area contributed by atoms with Gasteiger partial charge in [0, 0.05) is 24.8 Å². The number of amides is 1. The molecule has 8 heteroatoms. The molecule has 1 amide bonds. The number of carbonyl (C=O) groups is 1. The van der Waals surface area contributed by atoms with E-state index < -0.39 is 0 Å². The molecule has 0 saturated carbocycles. The Morgan fingerprint density at radius 2 is 1.82 bits per heavy atom. The van der Waals surface area contributed by atoms with Crippen molar-refractivity contribution >= 4 is 5.91 Å². The molecule has 4 rings (SSSR count). The fourth-order valence-corrected chi connectivity index (χ4v) is 4.41.